The molecule has 0 aliphatic carbocycles. The fourth-order valence-corrected chi connectivity index (χ4v) is 3.61. The van der Waals surface area contributed by atoms with Gasteiger partial charge in [-0.05, 0) is 35.9 Å². The van der Waals surface area contributed by atoms with Gasteiger partial charge in [0.05, 0.1) is 7.11 Å². The van der Waals surface area contributed by atoms with Crippen LogP contribution in [0.1, 0.15) is 5.56 Å². The molecule has 1 N–H and O–H groups in total. The second-order valence-electron chi connectivity index (χ2n) is 4.81. The zero-order valence-electron chi connectivity index (χ0n) is 12.2. The molecule has 6 nitrogen and oxygen atoms in total. The van der Waals surface area contributed by atoms with Crippen molar-refractivity contribution in [1.82, 2.24) is 4.72 Å². The van der Waals surface area contributed by atoms with E-state index in [0.29, 0.717) is 16.5 Å². The van der Waals surface area contributed by atoms with Gasteiger partial charge in [-0.3, -0.25) is 0 Å². The van der Waals surface area contributed by atoms with Crippen molar-refractivity contribution >= 4 is 21.6 Å². The van der Waals surface area contributed by atoms with E-state index in [4.69, 9.17) is 25.8 Å². The Morgan fingerprint density at radius 1 is 1.17 bits per heavy atom. The lowest BCUT2D eigenvalue weighted by atomic mass is 10.2. The molecule has 8 heteroatoms. The molecule has 1 aliphatic rings. The van der Waals surface area contributed by atoms with Crippen LogP contribution in [0.3, 0.4) is 0 Å². The van der Waals surface area contributed by atoms with Crippen LogP contribution in [0.4, 0.5) is 0 Å². The van der Waals surface area contributed by atoms with Gasteiger partial charge >= 0.3 is 0 Å². The SMILES string of the molecule is COc1ccc(Cl)cc1S(=O)(=O)NCc1ccc2c(c1)OCO2. The molecule has 0 radical (unpaired) electrons. The Morgan fingerprint density at radius 3 is 2.74 bits per heavy atom. The Balaban J connectivity index is 1.80. The van der Waals surface area contributed by atoms with Gasteiger partial charge in [-0.2, -0.15) is 0 Å². The molecular weight excluding hydrogens is 342 g/mol. The van der Waals surface area contributed by atoms with Crippen LogP contribution in [0.25, 0.3) is 0 Å². The van der Waals surface area contributed by atoms with Crippen molar-refractivity contribution in [1.29, 1.82) is 0 Å². The quantitative estimate of drug-likeness (QED) is 0.892. The van der Waals surface area contributed by atoms with Crippen LogP contribution in [-0.4, -0.2) is 22.3 Å². The predicted molar refractivity (Wildman–Crippen MR) is 84.6 cm³/mol. The molecule has 0 saturated carbocycles. The van der Waals surface area contributed by atoms with E-state index in [1.165, 1.54) is 19.2 Å². The van der Waals surface area contributed by atoms with E-state index in [0.717, 1.165) is 5.56 Å². The molecule has 122 valence electrons. The van der Waals surface area contributed by atoms with Crippen molar-refractivity contribution in [2.45, 2.75) is 11.4 Å². The van der Waals surface area contributed by atoms with Crippen LogP contribution in [0.5, 0.6) is 17.2 Å². The summed E-state index contributed by atoms with van der Waals surface area (Å²) >= 11 is 5.88. The molecule has 0 unspecified atom stereocenters. The highest BCUT2D eigenvalue weighted by Crippen LogP contribution is 2.32. The average Bonchev–Trinajstić information content (AvgIpc) is 3.00. The largest absolute Gasteiger partial charge is 0.495 e. The number of ether oxygens (including phenoxy) is 3. The maximum atomic E-state index is 12.5. The summed E-state index contributed by atoms with van der Waals surface area (Å²) in [4.78, 5) is -0.00626. The molecule has 0 amide bonds. The number of benzene rings is 2. The smallest absolute Gasteiger partial charge is 0.244 e. The first-order chi connectivity index (χ1) is 11.0. The van der Waals surface area contributed by atoms with Crippen molar-refractivity contribution in [3.8, 4) is 17.2 Å². The number of sulfonamides is 1. The van der Waals surface area contributed by atoms with E-state index in [1.54, 1.807) is 24.3 Å². The van der Waals surface area contributed by atoms with E-state index >= 15 is 0 Å². The van der Waals surface area contributed by atoms with Crippen LogP contribution >= 0.6 is 11.6 Å². The van der Waals surface area contributed by atoms with Crippen molar-refractivity contribution in [2.24, 2.45) is 0 Å². The third kappa shape index (κ3) is 3.36. The minimum Gasteiger partial charge on any atom is -0.495 e. The third-order valence-corrected chi connectivity index (χ3v) is 4.98. The Morgan fingerprint density at radius 2 is 1.96 bits per heavy atom. The number of methoxy groups -OCH3 is 1. The average molecular weight is 356 g/mol. The Bertz CT molecular complexity index is 838. The second kappa shape index (κ2) is 6.27. The maximum absolute atomic E-state index is 12.5. The molecule has 2 aromatic carbocycles. The van der Waals surface area contributed by atoms with Crippen LogP contribution in [0.15, 0.2) is 41.3 Å². The summed E-state index contributed by atoms with van der Waals surface area (Å²) in [5.74, 6) is 1.47. The molecule has 0 spiro atoms. The molecule has 0 atom stereocenters. The molecule has 1 aliphatic heterocycles. The number of hydrogen-bond acceptors (Lipinski definition) is 5. The molecule has 2 aromatic rings. The molecule has 3 rings (SSSR count). The lowest BCUT2D eigenvalue weighted by Gasteiger charge is -2.11. The van der Waals surface area contributed by atoms with Gasteiger partial charge in [0, 0.05) is 11.6 Å². The van der Waals surface area contributed by atoms with Gasteiger partial charge < -0.3 is 14.2 Å². The molecule has 0 saturated heterocycles. The first-order valence-electron chi connectivity index (χ1n) is 6.71. The number of hydrogen-bond donors (Lipinski definition) is 1. The zero-order chi connectivity index (χ0) is 16.4. The fraction of sp³-hybridized carbons (Fsp3) is 0.200. The summed E-state index contributed by atoms with van der Waals surface area (Å²) in [7, 11) is -2.37. The van der Waals surface area contributed by atoms with E-state index in [1.807, 2.05) is 0 Å². The lowest BCUT2D eigenvalue weighted by Crippen LogP contribution is -2.23. The Kier molecular flexibility index (Phi) is 4.34. The predicted octanol–water partition coefficient (Wildman–Crippen LogP) is 2.56. The minimum absolute atomic E-state index is 0.00626. The highest BCUT2D eigenvalue weighted by atomic mass is 35.5. The zero-order valence-corrected chi connectivity index (χ0v) is 13.8. The van der Waals surface area contributed by atoms with Crippen LogP contribution < -0.4 is 18.9 Å². The first-order valence-corrected chi connectivity index (χ1v) is 8.57. The van der Waals surface area contributed by atoms with Crippen molar-refractivity contribution in [3.63, 3.8) is 0 Å². The highest BCUT2D eigenvalue weighted by molar-refractivity contribution is 7.89. The summed E-state index contributed by atoms with van der Waals surface area (Å²) in [6.07, 6.45) is 0. The second-order valence-corrected chi connectivity index (χ2v) is 6.98. The number of fused-ring (bicyclic) bond motifs is 1. The molecule has 0 aromatic heterocycles. The van der Waals surface area contributed by atoms with Gasteiger partial charge in [0.1, 0.15) is 10.6 Å². The molecule has 1 heterocycles. The van der Waals surface area contributed by atoms with E-state index in [9.17, 15) is 8.42 Å². The Labute approximate surface area is 139 Å². The van der Waals surface area contributed by atoms with Gasteiger partial charge in [0.2, 0.25) is 16.8 Å². The fourth-order valence-electron chi connectivity index (χ4n) is 2.17. The van der Waals surface area contributed by atoms with Crippen LogP contribution in [0.2, 0.25) is 5.02 Å². The van der Waals surface area contributed by atoms with Gasteiger partial charge in [-0.1, -0.05) is 17.7 Å². The summed E-state index contributed by atoms with van der Waals surface area (Å²) < 4.78 is 43.0. The molecule has 0 fully saturated rings. The van der Waals surface area contributed by atoms with E-state index in [2.05, 4.69) is 4.72 Å². The topological polar surface area (TPSA) is 73.9 Å². The summed E-state index contributed by atoms with van der Waals surface area (Å²) in [6, 6.07) is 9.67. The summed E-state index contributed by atoms with van der Waals surface area (Å²) in [6.45, 7) is 0.277. The number of nitrogens with one attached hydrogen (secondary N) is 1. The van der Waals surface area contributed by atoms with Crippen LogP contribution in [-0.2, 0) is 16.6 Å². The highest BCUT2D eigenvalue weighted by Gasteiger charge is 2.20. The van der Waals surface area contributed by atoms with Gasteiger partial charge in [-0.25, -0.2) is 13.1 Å². The van der Waals surface area contributed by atoms with Gasteiger partial charge in [0.15, 0.2) is 11.5 Å². The summed E-state index contributed by atoms with van der Waals surface area (Å²) in [5, 5.41) is 0.314. The molecule has 23 heavy (non-hydrogen) atoms. The van der Waals surface area contributed by atoms with Gasteiger partial charge in [-0.15, -0.1) is 0 Å². The van der Waals surface area contributed by atoms with Crippen molar-refractivity contribution in [2.75, 3.05) is 13.9 Å². The standard InChI is InChI=1S/C15H14ClNO5S/c1-20-13-5-3-11(16)7-15(13)23(18,19)17-8-10-2-4-12-14(6-10)22-9-21-12/h2-7,17H,8-9H2,1H3. The number of halogens is 1. The van der Waals surface area contributed by atoms with Crippen molar-refractivity contribution in [3.05, 3.63) is 47.0 Å². The van der Waals surface area contributed by atoms with Crippen molar-refractivity contribution < 1.29 is 22.6 Å². The summed E-state index contributed by atoms with van der Waals surface area (Å²) in [5.41, 5.74) is 0.749. The normalized spacial score (nSPS) is 13.1. The Hall–Kier alpha value is -1.96. The molecular formula is C15H14ClNO5S. The van der Waals surface area contributed by atoms with Gasteiger partial charge in [0.25, 0.3) is 0 Å². The minimum atomic E-state index is -3.77. The van der Waals surface area contributed by atoms with E-state index in [-0.39, 0.29) is 24.0 Å². The monoisotopic (exact) mass is 355 g/mol. The first kappa shape index (κ1) is 15.9. The molecule has 0 bridgehead atoms. The number of rotatable bonds is 5. The van der Waals surface area contributed by atoms with E-state index < -0.39 is 10.0 Å². The lowest BCUT2D eigenvalue weighted by molar-refractivity contribution is 0.174. The maximum Gasteiger partial charge on any atom is 0.244 e. The van der Waals surface area contributed by atoms with Crippen LogP contribution in [0, 0.1) is 0 Å². The third-order valence-electron chi connectivity index (χ3n) is 3.32.